The minimum atomic E-state index is -0.573. The fraction of sp³-hybridized carbons (Fsp3) is 0.269. The van der Waals surface area contributed by atoms with Crippen LogP contribution in [0.15, 0.2) is 66.7 Å². The van der Waals surface area contributed by atoms with Gasteiger partial charge in [0.05, 0.1) is 9.85 Å². The van der Waals surface area contributed by atoms with E-state index >= 15 is 0 Å². The van der Waals surface area contributed by atoms with Crippen LogP contribution >= 0.6 is 0 Å². The number of carbonyl (C=O) groups is 1. The Morgan fingerprint density at radius 2 is 1.34 bits per heavy atom. The first-order valence-electron chi connectivity index (χ1n) is 11.4. The molecule has 0 N–H and O–H groups in total. The highest BCUT2D eigenvalue weighted by Crippen LogP contribution is 2.40. The lowest BCUT2D eigenvalue weighted by Crippen LogP contribution is -2.41. The van der Waals surface area contributed by atoms with Gasteiger partial charge in [-0.1, -0.05) is 55.8 Å². The molecular formula is C26H28N4O5. The van der Waals surface area contributed by atoms with Gasteiger partial charge in [0.1, 0.15) is 11.4 Å². The van der Waals surface area contributed by atoms with Crippen LogP contribution in [-0.2, 0) is 6.54 Å². The lowest BCUT2D eigenvalue weighted by molar-refractivity contribution is -0.384. The molecular weight excluding hydrogens is 448 g/mol. The van der Waals surface area contributed by atoms with Crippen molar-refractivity contribution in [1.82, 2.24) is 4.90 Å². The Balaban J connectivity index is 2.22. The van der Waals surface area contributed by atoms with Gasteiger partial charge in [0.25, 0.3) is 11.4 Å². The van der Waals surface area contributed by atoms with E-state index in [0.717, 1.165) is 16.9 Å². The quantitative estimate of drug-likeness (QED) is 0.253. The molecule has 0 radical (unpaired) electrons. The smallest absolute Gasteiger partial charge is 0.320 e. The van der Waals surface area contributed by atoms with E-state index in [1.54, 1.807) is 30.9 Å². The van der Waals surface area contributed by atoms with Gasteiger partial charge in [-0.15, -0.1) is 0 Å². The Morgan fingerprint density at radius 3 is 1.80 bits per heavy atom. The maximum Gasteiger partial charge on any atom is 0.329 e. The van der Waals surface area contributed by atoms with Gasteiger partial charge < -0.3 is 4.90 Å². The van der Waals surface area contributed by atoms with E-state index in [9.17, 15) is 25.0 Å². The normalized spacial score (nSPS) is 10.6. The second kappa shape index (κ2) is 11.2. The molecule has 0 bridgehead atoms. The Morgan fingerprint density at radius 1 is 0.829 bits per heavy atom. The third kappa shape index (κ3) is 6.00. The van der Waals surface area contributed by atoms with Gasteiger partial charge in [0.2, 0.25) is 0 Å². The maximum absolute atomic E-state index is 14.1. The fourth-order valence-corrected chi connectivity index (χ4v) is 3.81. The van der Waals surface area contributed by atoms with Gasteiger partial charge in [0.15, 0.2) is 0 Å². The average molecular weight is 477 g/mol. The first-order valence-corrected chi connectivity index (χ1v) is 11.4. The van der Waals surface area contributed by atoms with E-state index in [-0.39, 0.29) is 29.3 Å². The van der Waals surface area contributed by atoms with E-state index < -0.39 is 15.9 Å². The van der Waals surface area contributed by atoms with Crippen LogP contribution in [0.5, 0.6) is 0 Å². The van der Waals surface area contributed by atoms with E-state index in [0.29, 0.717) is 24.1 Å². The first kappa shape index (κ1) is 25.4. The molecule has 0 spiro atoms. The number of hydrogen-bond acceptors (Lipinski definition) is 5. The summed E-state index contributed by atoms with van der Waals surface area (Å²) in [6, 6.07) is 17.8. The molecule has 0 aromatic heterocycles. The van der Waals surface area contributed by atoms with Crippen molar-refractivity contribution in [1.29, 1.82) is 0 Å². The number of carbonyl (C=O) groups excluding carboxylic acids is 1. The highest BCUT2D eigenvalue weighted by atomic mass is 16.6. The molecule has 3 rings (SSSR count). The van der Waals surface area contributed by atoms with Crippen molar-refractivity contribution >= 4 is 28.8 Å². The number of anilines is 2. The van der Waals surface area contributed by atoms with E-state index in [1.807, 2.05) is 37.3 Å². The standard InChI is InChI=1S/C26H28N4O5/c1-4-5-15-27(18-21-9-7-6-8-10-21)26(31)28(22-13-11-19(2)16-24(22)29(32)33)23-14-12-20(3)17-25(23)30(34)35/h6-14,16-17H,4-5,15,18H2,1-3H3. The Kier molecular flexibility index (Phi) is 8.14. The summed E-state index contributed by atoms with van der Waals surface area (Å²) >= 11 is 0. The van der Waals surface area contributed by atoms with Crippen molar-refractivity contribution in [2.75, 3.05) is 11.4 Å². The number of rotatable bonds is 9. The molecule has 0 aliphatic heterocycles. The van der Waals surface area contributed by atoms with Crippen molar-refractivity contribution in [3.63, 3.8) is 0 Å². The zero-order chi connectivity index (χ0) is 25.5. The summed E-state index contributed by atoms with van der Waals surface area (Å²) < 4.78 is 0. The number of benzene rings is 3. The molecule has 9 nitrogen and oxygen atoms in total. The summed E-state index contributed by atoms with van der Waals surface area (Å²) in [5.41, 5.74) is 1.51. The minimum Gasteiger partial charge on any atom is -0.320 e. The van der Waals surface area contributed by atoms with Crippen LogP contribution < -0.4 is 4.90 Å². The van der Waals surface area contributed by atoms with Crippen molar-refractivity contribution in [2.45, 2.75) is 40.2 Å². The van der Waals surface area contributed by atoms with E-state index in [1.165, 1.54) is 24.3 Å². The summed E-state index contributed by atoms with van der Waals surface area (Å²) in [5.74, 6) is 0. The Hall–Kier alpha value is -4.27. The van der Waals surface area contributed by atoms with Crippen LogP contribution in [0.25, 0.3) is 0 Å². The van der Waals surface area contributed by atoms with Crippen molar-refractivity contribution in [3.8, 4) is 0 Å². The minimum absolute atomic E-state index is 0.0212. The zero-order valence-electron chi connectivity index (χ0n) is 20.0. The fourth-order valence-electron chi connectivity index (χ4n) is 3.81. The van der Waals surface area contributed by atoms with Gasteiger partial charge in [-0.25, -0.2) is 9.69 Å². The predicted molar refractivity (Wildman–Crippen MR) is 135 cm³/mol. The third-order valence-corrected chi connectivity index (χ3v) is 5.60. The first-order chi connectivity index (χ1) is 16.7. The maximum atomic E-state index is 14.1. The SMILES string of the molecule is CCCCN(Cc1ccccc1)C(=O)N(c1ccc(C)cc1[N+](=O)[O-])c1ccc(C)cc1[N+](=O)[O-]. The van der Waals surface area contributed by atoms with Gasteiger partial charge in [-0.05, 0) is 49.1 Å². The molecule has 0 aliphatic carbocycles. The van der Waals surface area contributed by atoms with Crippen LogP contribution in [0.1, 0.15) is 36.5 Å². The molecule has 3 aromatic rings. The number of hydrogen-bond donors (Lipinski definition) is 0. The number of urea groups is 1. The second-order valence-corrected chi connectivity index (χ2v) is 8.38. The molecule has 0 saturated carbocycles. The molecule has 35 heavy (non-hydrogen) atoms. The van der Waals surface area contributed by atoms with Crippen LogP contribution in [0.4, 0.5) is 27.5 Å². The number of nitro benzene ring substituents is 2. The molecule has 0 atom stereocenters. The predicted octanol–water partition coefficient (Wildman–Crippen LogP) is 6.68. The lowest BCUT2D eigenvalue weighted by atomic mass is 10.1. The van der Waals surface area contributed by atoms with Gasteiger partial charge in [-0.3, -0.25) is 20.2 Å². The highest BCUT2D eigenvalue weighted by Gasteiger charge is 2.34. The largest absolute Gasteiger partial charge is 0.329 e. The van der Waals surface area contributed by atoms with Crippen LogP contribution in [0, 0.1) is 34.1 Å². The number of nitrogens with zero attached hydrogens (tertiary/aromatic N) is 4. The Bertz CT molecular complexity index is 1170. The van der Waals surface area contributed by atoms with Gasteiger partial charge in [0, 0.05) is 25.2 Å². The van der Waals surface area contributed by atoms with Crippen molar-refractivity contribution < 1.29 is 14.6 Å². The second-order valence-electron chi connectivity index (χ2n) is 8.38. The van der Waals surface area contributed by atoms with Crippen LogP contribution in [0.2, 0.25) is 0 Å². The molecule has 0 saturated heterocycles. The number of amides is 2. The topological polar surface area (TPSA) is 110 Å². The summed E-state index contributed by atoms with van der Waals surface area (Å²) in [5, 5.41) is 23.9. The average Bonchev–Trinajstić information content (AvgIpc) is 2.83. The Labute approximate surface area is 203 Å². The molecule has 0 fully saturated rings. The zero-order valence-corrected chi connectivity index (χ0v) is 20.0. The molecule has 3 aromatic carbocycles. The summed E-state index contributed by atoms with van der Waals surface area (Å²) in [6.07, 6.45) is 1.53. The van der Waals surface area contributed by atoms with Crippen LogP contribution in [0.3, 0.4) is 0 Å². The van der Waals surface area contributed by atoms with Crippen LogP contribution in [-0.4, -0.2) is 27.3 Å². The summed E-state index contributed by atoms with van der Waals surface area (Å²) in [6.45, 7) is 6.06. The third-order valence-electron chi connectivity index (χ3n) is 5.60. The molecule has 182 valence electrons. The molecule has 0 aliphatic rings. The molecule has 9 heteroatoms. The molecule has 0 heterocycles. The number of aryl methyl sites for hydroxylation is 2. The summed E-state index contributed by atoms with van der Waals surface area (Å²) in [7, 11) is 0. The highest BCUT2D eigenvalue weighted by molar-refractivity contribution is 6.03. The molecule has 2 amide bonds. The van der Waals surface area contributed by atoms with Gasteiger partial charge >= 0.3 is 6.03 Å². The van der Waals surface area contributed by atoms with E-state index in [4.69, 9.17) is 0 Å². The number of unbranched alkanes of at least 4 members (excludes halogenated alkanes) is 1. The molecule has 0 unspecified atom stereocenters. The van der Waals surface area contributed by atoms with Crippen molar-refractivity contribution in [2.24, 2.45) is 0 Å². The van der Waals surface area contributed by atoms with Gasteiger partial charge in [-0.2, -0.15) is 0 Å². The monoisotopic (exact) mass is 476 g/mol. The van der Waals surface area contributed by atoms with Crippen molar-refractivity contribution in [3.05, 3.63) is 104 Å². The van der Waals surface area contributed by atoms with E-state index in [2.05, 4.69) is 0 Å². The lowest BCUT2D eigenvalue weighted by Gasteiger charge is -2.30. The summed E-state index contributed by atoms with van der Waals surface area (Å²) in [4.78, 5) is 39.5. The number of nitro groups is 2.